The molecule has 102 valence electrons. The van der Waals surface area contributed by atoms with Crippen LogP contribution in [0.1, 0.15) is 18.1 Å². The van der Waals surface area contributed by atoms with E-state index < -0.39 is 0 Å². The highest BCUT2D eigenvalue weighted by Gasteiger charge is 2.11. The molecule has 4 heteroatoms. The van der Waals surface area contributed by atoms with Crippen LogP contribution in [0.3, 0.4) is 0 Å². The van der Waals surface area contributed by atoms with Crippen molar-refractivity contribution in [2.45, 2.75) is 13.3 Å². The number of nitriles is 1. The van der Waals surface area contributed by atoms with E-state index in [9.17, 15) is 0 Å². The lowest BCUT2D eigenvalue weighted by atomic mass is 10.1. The lowest BCUT2D eigenvalue weighted by molar-refractivity contribution is 0.378. The van der Waals surface area contributed by atoms with Crippen LogP contribution in [0.15, 0.2) is 36.4 Å². The van der Waals surface area contributed by atoms with E-state index >= 15 is 0 Å². The Labute approximate surface area is 123 Å². The monoisotopic (exact) mass is 287 g/mol. The highest BCUT2D eigenvalue weighted by Crippen LogP contribution is 2.35. The molecule has 0 spiro atoms. The van der Waals surface area contributed by atoms with Crippen LogP contribution in [0.25, 0.3) is 0 Å². The Balaban J connectivity index is 2.40. The summed E-state index contributed by atoms with van der Waals surface area (Å²) in [6.45, 7) is 2.07. The Kier molecular flexibility index (Phi) is 4.49. The van der Waals surface area contributed by atoms with Gasteiger partial charge in [-0.25, -0.2) is 0 Å². The molecule has 0 heterocycles. The fourth-order valence-electron chi connectivity index (χ4n) is 1.83. The van der Waals surface area contributed by atoms with Gasteiger partial charge in [0.1, 0.15) is 17.4 Å². The maximum Gasteiger partial charge on any atom is 0.169 e. The number of ether oxygens (including phenoxy) is 2. The molecular formula is C16H14ClNO2. The van der Waals surface area contributed by atoms with Crippen molar-refractivity contribution in [2.75, 3.05) is 7.11 Å². The van der Waals surface area contributed by atoms with Gasteiger partial charge in [-0.3, -0.25) is 0 Å². The predicted molar refractivity (Wildman–Crippen MR) is 78.6 cm³/mol. The van der Waals surface area contributed by atoms with E-state index in [1.165, 1.54) is 0 Å². The second-order valence-corrected chi connectivity index (χ2v) is 4.57. The van der Waals surface area contributed by atoms with E-state index in [1.807, 2.05) is 24.3 Å². The number of methoxy groups -OCH3 is 1. The molecule has 0 saturated carbocycles. The molecule has 0 radical (unpaired) electrons. The Morgan fingerprint density at radius 2 is 1.95 bits per heavy atom. The van der Waals surface area contributed by atoms with Gasteiger partial charge < -0.3 is 9.47 Å². The number of benzene rings is 2. The summed E-state index contributed by atoms with van der Waals surface area (Å²) in [5, 5.41) is 9.51. The zero-order valence-corrected chi connectivity index (χ0v) is 12.1. The van der Waals surface area contributed by atoms with Crippen molar-refractivity contribution in [3.8, 4) is 23.3 Å². The minimum absolute atomic E-state index is 0.316. The normalized spacial score (nSPS) is 9.90. The summed E-state index contributed by atoms with van der Waals surface area (Å²) in [6.07, 6.45) is 0.914. The maximum atomic E-state index is 9.14. The number of hydrogen-bond donors (Lipinski definition) is 0. The van der Waals surface area contributed by atoms with Gasteiger partial charge in [-0.15, -0.1) is 0 Å². The topological polar surface area (TPSA) is 42.2 Å². The van der Waals surface area contributed by atoms with Crippen molar-refractivity contribution in [3.63, 3.8) is 0 Å². The third-order valence-electron chi connectivity index (χ3n) is 2.94. The van der Waals surface area contributed by atoms with E-state index in [4.69, 9.17) is 26.3 Å². The molecule has 0 amide bonds. The van der Waals surface area contributed by atoms with Crippen molar-refractivity contribution in [3.05, 3.63) is 52.5 Å². The third-order valence-corrected chi connectivity index (χ3v) is 3.26. The summed E-state index contributed by atoms with van der Waals surface area (Å²) in [5.74, 6) is 1.61. The van der Waals surface area contributed by atoms with Crippen LogP contribution >= 0.6 is 11.6 Å². The van der Waals surface area contributed by atoms with Crippen LogP contribution in [-0.4, -0.2) is 7.11 Å². The number of hydrogen-bond acceptors (Lipinski definition) is 3. The molecule has 3 nitrogen and oxygen atoms in total. The molecule has 0 aliphatic rings. The molecule has 0 aromatic heterocycles. The summed E-state index contributed by atoms with van der Waals surface area (Å²) < 4.78 is 11.1. The Bertz CT molecular complexity index is 662. The third kappa shape index (κ3) is 2.87. The first-order chi connectivity index (χ1) is 9.69. The van der Waals surface area contributed by atoms with Gasteiger partial charge in [-0.05, 0) is 36.2 Å². The molecule has 0 fully saturated rings. The number of halogens is 1. The highest BCUT2D eigenvalue weighted by molar-refractivity contribution is 6.31. The van der Waals surface area contributed by atoms with Gasteiger partial charge in [0.15, 0.2) is 11.5 Å². The summed E-state index contributed by atoms with van der Waals surface area (Å²) >= 11 is 5.98. The SMILES string of the molecule is CCc1ccc(Oc2cccc(Cl)c2C#N)c(OC)c1. The Morgan fingerprint density at radius 3 is 2.60 bits per heavy atom. The largest absolute Gasteiger partial charge is 0.493 e. The quantitative estimate of drug-likeness (QED) is 0.827. The van der Waals surface area contributed by atoms with Crippen LogP contribution in [0.4, 0.5) is 0 Å². The Morgan fingerprint density at radius 1 is 1.15 bits per heavy atom. The van der Waals surface area contributed by atoms with Crippen LogP contribution in [0, 0.1) is 11.3 Å². The molecular weight excluding hydrogens is 274 g/mol. The standard InChI is InChI=1S/C16H14ClNO2/c1-3-11-7-8-15(16(9-11)19-2)20-14-6-4-5-13(17)12(14)10-18/h4-9H,3H2,1-2H3. The van der Waals surface area contributed by atoms with Gasteiger partial charge in [0.2, 0.25) is 0 Å². The van der Waals surface area contributed by atoms with Crippen molar-refractivity contribution < 1.29 is 9.47 Å². The minimum Gasteiger partial charge on any atom is -0.493 e. The van der Waals surface area contributed by atoms with E-state index in [0.717, 1.165) is 12.0 Å². The molecule has 20 heavy (non-hydrogen) atoms. The molecule has 0 saturated heterocycles. The smallest absolute Gasteiger partial charge is 0.169 e. The van der Waals surface area contributed by atoms with Crippen molar-refractivity contribution in [1.29, 1.82) is 5.26 Å². The molecule has 0 aliphatic heterocycles. The van der Waals surface area contributed by atoms with Gasteiger partial charge >= 0.3 is 0 Å². The molecule has 0 atom stereocenters. The van der Waals surface area contributed by atoms with Gasteiger partial charge in [0.25, 0.3) is 0 Å². The summed E-state index contributed by atoms with van der Waals surface area (Å²) in [5.41, 5.74) is 1.47. The second-order valence-electron chi connectivity index (χ2n) is 4.17. The number of rotatable bonds is 4. The van der Waals surface area contributed by atoms with Crippen molar-refractivity contribution in [2.24, 2.45) is 0 Å². The van der Waals surface area contributed by atoms with E-state index in [-0.39, 0.29) is 0 Å². The van der Waals surface area contributed by atoms with E-state index in [1.54, 1.807) is 25.3 Å². The molecule has 0 aliphatic carbocycles. The van der Waals surface area contributed by atoms with E-state index in [2.05, 4.69) is 6.92 Å². The first-order valence-electron chi connectivity index (χ1n) is 6.23. The lowest BCUT2D eigenvalue weighted by Crippen LogP contribution is -1.94. The number of nitrogens with zero attached hydrogens (tertiary/aromatic N) is 1. The summed E-state index contributed by atoms with van der Waals surface area (Å²) in [4.78, 5) is 0. The maximum absolute atomic E-state index is 9.14. The first kappa shape index (κ1) is 14.2. The van der Waals surface area contributed by atoms with Crippen molar-refractivity contribution >= 4 is 11.6 Å². The van der Waals surface area contributed by atoms with Crippen LogP contribution in [0.5, 0.6) is 17.2 Å². The van der Waals surface area contributed by atoms with Crippen LogP contribution in [0.2, 0.25) is 5.02 Å². The van der Waals surface area contributed by atoms with Gasteiger partial charge in [0.05, 0.1) is 12.1 Å². The fourth-order valence-corrected chi connectivity index (χ4v) is 2.04. The molecule has 0 N–H and O–H groups in total. The first-order valence-corrected chi connectivity index (χ1v) is 6.60. The lowest BCUT2D eigenvalue weighted by Gasteiger charge is -2.12. The Hall–Kier alpha value is -2.18. The van der Waals surface area contributed by atoms with Crippen molar-refractivity contribution in [1.82, 2.24) is 0 Å². The summed E-state index contributed by atoms with van der Waals surface area (Å²) in [7, 11) is 1.59. The average molecular weight is 288 g/mol. The fraction of sp³-hybridized carbons (Fsp3) is 0.188. The molecule has 2 aromatic rings. The average Bonchev–Trinajstić information content (AvgIpc) is 2.48. The highest BCUT2D eigenvalue weighted by atomic mass is 35.5. The van der Waals surface area contributed by atoms with Gasteiger partial charge in [-0.2, -0.15) is 5.26 Å². The molecule has 0 bridgehead atoms. The van der Waals surface area contributed by atoms with Crippen LogP contribution < -0.4 is 9.47 Å². The van der Waals surface area contributed by atoms with Crippen LogP contribution in [-0.2, 0) is 6.42 Å². The second kappa shape index (κ2) is 6.31. The zero-order valence-electron chi connectivity index (χ0n) is 11.3. The molecule has 0 unspecified atom stereocenters. The number of aryl methyl sites for hydroxylation is 1. The predicted octanol–water partition coefficient (Wildman–Crippen LogP) is 4.57. The summed E-state index contributed by atoms with van der Waals surface area (Å²) in [6, 6.07) is 12.9. The molecule has 2 rings (SSSR count). The van der Waals surface area contributed by atoms with Gasteiger partial charge in [-0.1, -0.05) is 30.7 Å². The van der Waals surface area contributed by atoms with E-state index in [0.29, 0.717) is 27.8 Å². The molecule has 2 aromatic carbocycles. The zero-order chi connectivity index (χ0) is 14.5. The minimum atomic E-state index is 0.316. The van der Waals surface area contributed by atoms with Gasteiger partial charge in [0, 0.05) is 0 Å².